The van der Waals surface area contributed by atoms with Gasteiger partial charge in [-0.2, -0.15) is 0 Å². The second-order valence-corrected chi connectivity index (χ2v) is 5.05. The van der Waals surface area contributed by atoms with E-state index in [0.29, 0.717) is 25.4 Å². The fourth-order valence-electron chi connectivity index (χ4n) is 2.70. The highest BCUT2D eigenvalue weighted by molar-refractivity contribution is 5.90. The predicted octanol–water partition coefficient (Wildman–Crippen LogP) is 3.20. The molecule has 5 nitrogen and oxygen atoms in total. The van der Waals surface area contributed by atoms with Gasteiger partial charge in [-0.05, 0) is 43.0 Å². The van der Waals surface area contributed by atoms with Crippen molar-refractivity contribution in [2.75, 3.05) is 6.61 Å². The van der Waals surface area contributed by atoms with Crippen LogP contribution in [0.2, 0.25) is 0 Å². The normalized spacial score (nSPS) is 10.9. The topological polar surface area (TPSA) is 67.3 Å². The minimum absolute atomic E-state index is 0.272. The van der Waals surface area contributed by atoms with Crippen LogP contribution in [0.4, 0.5) is 0 Å². The van der Waals surface area contributed by atoms with E-state index in [4.69, 9.17) is 9.15 Å². The maximum Gasteiger partial charge on any atom is 0.355 e. The summed E-state index contributed by atoms with van der Waals surface area (Å²) < 4.78 is 10.4. The fourth-order valence-corrected chi connectivity index (χ4v) is 2.70. The maximum absolute atomic E-state index is 12.1. The lowest BCUT2D eigenvalue weighted by atomic mass is 10.0. The lowest BCUT2D eigenvalue weighted by Crippen LogP contribution is -2.14. The summed E-state index contributed by atoms with van der Waals surface area (Å²) in [6, 6.07) is 3.81. The Kier molecular flexibility index (Phi) is 5.83. The number of ether oxygens (including phenoxy) is 1. The van der Waals surface area contributed by atoms with Gasteiger partial charge in [0.2, 0.25) is 0 Å². The van der Waals surface area contributed by atoms with Crippen molar-refractivity contribution in [3.8, 4) is 0 Å². The number of esters is 1. The van der Waals surface area contributed by atoms with Crippen LogP contribution in [0.3, 0.4) is 0 Å². The molecular formula is C17H24N2O3. The molecule has 2 aromatic rings. The van der Waals surface area contributed by atoms with Crippen LogP contribution in [0.5, 0.6) is 0 Å². The third-order valence-corrected chi connectivity index (χ3v) is 3.67. The molecule has 2 aromatic heterocycles. The Labute approximate surface area is 131 Å². The summed E-state index contributed by atoms with van der Waals surface area (Å²) in [6.07, 6.45) is 3.36. The van der Waals surface area contributed by atoms with Crippen molar-refractivity contribution >= 4 is 5.97 Å². The summed E-state index contributed by atoms with van der Waals surface area (Å²) in [4.78, 5) is 15.3. The van der Waals surface area contributed by atoms with Crippen LogP contribution >= 0.6 is 0 Å². The van der Waals surface area contributed by atoms with Gasteiger partial charge in [0.15, 0.2) is 0 Å². The molecule has 0 bridgehead atoms. The molecule has 120 valence electrons. The smallest absolute Gasteiger partial charge is 0.355 e. The number of furan rings is 1. The largest absolute Gasteiger partial charge is 0.468 e. The molecule has 0 atom stereocenters. The van der Waals surface area contributed by atoms with Gasteiger partial charge < -0.3 is 19.5 Å². The summed E-state index contributed by atoms with van der Waals surface area (Å²) in [6.45, 7) is 7.69. The third kappa shape index (κ3) is 3.60. The molecule has 0 spiro atoms. The molecule has 5 heteroatoms. The van der Waals surface area contributed by atoms with Gasteiger partial charge >= 0.3 is 5.97 Å². The van der Waals surface area contributed by atoms with Gasteiger partial charge in [0, 0.05) is 12.2 Å². The summed E-state index contributed by atoms with van der Waals surface area (Å²) in [5.41, 5.74) is 3.92. The van der Waals surface area contributed by atoms with Gasteiger partial charge in [0.25, 0.3) is 0 Å². The zero-order valence-electron chi connectivity index (χ0n) is 13.5. The summed E-state index contributed by atoms with van der Waals surface area (Å²) in [5, 5.41) is 3.34. The van der Waals surface area contributed by atoms with Gasteiger partial charge in [0.1, 0.15) is 11.5 Å². The average Bonchev–Trinajstić information content (AvgIpc) is 3.14. The number of aromatic nitrogens is 1. The Hall–Kier alpha value is -2.01. The number of hydrogen-bond donors (Lipinski definition) is 2. The second kappa shape index (κ2) is 7.84. The highest BCUT2D eigenvalue weighted by Crippen LogP contribution is 2.22. The predicted molar refractivity (Wildman–Crippen MR) is 84.8 cm³/mol. The van der Waals surface area contributed by atoms with E-state index in [1.54, 1.807) is 6.26 Å². The molecule has 2 heterocycles. The Balaban J connectivity index is 2.13. The van der Waals surface area contributed by atoms with Crippen molar-refractivity contribution in [2.24, 2.45) is 0 Å². The van der Waals surface area contributed by atoms with E-state index < -0.39 is 0 Å². The van der Waals surface area contributed by atoms with Gasteiger partial charge in [0.05, 0.1) is 19.4 Å². The highest BCUT2D eigenvalue weighted by Gasteiger charge is 2.20. The fraction of sp³-hybridized carbons (Fsp3) is 0.471. The lowest BCUT2D eigenvalue weighted by molar-refractivity contribution is 0.0518. The first-order chi connectivity index (χ1) is 10.7. The van der Waals surface area contributed by atoms with E-state index in [1.165, 1.54) is 5.56 Å². The number of H-pyrrole nitrogens is 1. The van der Waals surface area contributed by atoms with Crippen molar-refractivity contribution in [3.63, 3.8) is 0 Å². The molecule has 22 heavy (non-hydrogen) atoms. The number of carbonyl (C=O) groups is 1. The van der Waals surface area contributed by atoms with Gasteiger partial charge in [-0.25, -0.2) is 4.79 Å². The monoisotopic (exact) mass is 304 g/mol. The van der Waals surface area contributed by atoms with Crippen LogP contribution in [0.25, 0.3) is 0 Å². The molecule has 0 aliphatic rings. The number of aromatic amines is 1. The first kappa shape index (κ1) is 16.4. The quantitative estimate of drug-likeness (QED) is 0.735. The van der Waals surface area contributed by atoms with Crippen molar-refractivity contribution in [3.05, 3.63) is 46.7 Å². The number of rotatable bonds is 8. The van der Waals surface area contributed by atoms with Crippen LogP contribution in [0.1, 0.15) is 53.8 Å². The molecule has 0 amide bonds. The van der Waals surface area contributed by atoms with Crippen molar-refractivity contribution < 1.29 is 13.9 Å². The molecule has 0 fully saturated rings. The van der Waals surface area contributed by atoms with E-state index in [1.807, 2.05) is 19.1 Å². The van der Waals surface area contributed by atoms with Crippen LogP contribution < -0.4 is 5.32 Å². The van der Waals surface area contributed by atoms with Crippen LogP contribution in [-0.2, 0) is 30.7 Å². The molecule has 0 aliphatic heterocycles. The van der Waals surface area contributed by atoms with Crippen LogP contribution in [0.15, 0.2) is 22.8 Å². The minimum Gasteiger partial charge on any atom is -0.468 e. The van der Waals surface area contributed by atoms with E-state index in [2.05, 4.69) is 24.1 Å². The Morgan fingerprint density at radius 2 is 2.00 bits per heavy atom. The SMILES string of the molecule is CCOC(=O)c1[nH]c(CNCc2ccco2)c(CC)c1CC. The molecule has 2 N–H and O–H groups in total. The molecule has 2 rings (SSSR count). The Morgan fingerprint density at radius 3 is 2.59 bits per heavy atom. The van der Waals surface area contributed by atoms with E-state index in [-0.39, 0.29) is 5.97 Å². The molecule has 0 unspecified atom stereocenters. The van der Waals surface area contributed by atoms with E-state index in [9.17, 15) is 4.79 Å². The Bertz CT molecular complexity index is 600. The summed E-state index contributed by atoms with van der Waals surface area (Å²) in [5.74, 6) is 0.622. The number of hydrogen-bond acceptors (Lipinski definition) is 4. The van der Waals surface area contributed by atoms with E-state index >= 15 is 0 Å². The molecule has 0 radical (unpaired) electrons. The van der Waals surface area contributed by atoms with Crippen LogP contribution in [-0.4, -0.2) is 17.6 Å². The first-order valence-corrected chi connectivity index (χ1v) is 7.83. The number of carbonyl (C=O) groups excluding carboxylic acids is 1. The van der Waals surface area contributed by atoms with Crippen molar-refractivity contribution in [1.82, 2.24) is 10.3 Å². The number of nitrogens with one attached hydrogen (secondary N) is 2. The molecular weight excluding hydrogens is 280 g/mol. The maximum atomic E-state index is 12.1. The highest BCUT2D eigenvalue weighted by atomic mass is 16.5. The minimum atomic E-state index is -0.272. The zero-order chi connectivity index (χ0) is 15.9. The van der Waals surface area contributed by atoms with Crippen molar-refractivity contribution in [2.45, 2.75) is 46.7 Å². The van der Waals surface area contributed by atoms with E-state index in [0.717, 1.165) is 29.9 Å². The summed E-state index contributed by atoms with van der Waals surface area (Å²) >= 11 is 0. The first-order valence-electron chi connectivity index (χ1n) is 7.83. The van der Waals surface area contributed by atoms with Crippen LogP contribution in [0, 0.1) is 0 Å². The second-order valence-electron chi connectivity index (χ2n) is 5.05. The Morgan fingerprint density at radius 1 is 1.23 bits per heavy atom. The van der Waals surface area contributed by atoms with Gasteiger partial charge in [-0.1, -0.05) is 13.8 Å². The molecule has 0 saturated heterocycles. The zero-order valence-corrected chi connectivity index (χ0v) is 13.5. The molecule has 0 aromatic carbocycles. The average molecular weight is 304 g/mol. The van der Waals surface area contributed by atoms with Gasteiger partial charge in [-0.15, -0.1) is 0 Å². The lowest BCUT2D eigenvalue weighted by Gasteiger charge is -2.05. The van der Waals surface area contributed by atoms with Crippen molar-refractivity contribution in [1.29, 1.82) is 0 Å². The molecule has 0 saturated carbocycles. The molecule has 0 aliphatic carbocycles. The standard InChI is InChI=1S/C17H24N2O3/c1-4-13-14(5-2)16(17(20)21-6-3)19-15(13)11-18-10-12-8-7-9-22-12/h7-9,18-19H,4-6,10-11H2,1-3H3. The summed E-state index contributed by atoms with van der Waals surface area (Å²) in [7, 11) is 0. The van der Waals surface area contributed by atoms with Gasteiger partial charge in [-0.3, -0.25) is 0 Å². The third-order valence-electron chi connectivity index (χ3n) is 3.67.